The van der Waals surface area contributed by atoms with Gasteiger partial charge in [-0.05, 0) is 48.6 Å². The van der Waals surface area contributed by atoms with Gasteiger partial charge in [-0.15, -0.1) is 0 Å². The molecule has 4 rings (SSSR count). The van der Waals surface area contributed by atoms with Crippen molar-refractivity contribution in [3.63, 3.8) is 0 Å². The van der Waals surface area contributed by atoms with Gasteiger partial charge in [-0.3, -0.25) is 4.79 Å². The number of aromatic hydroxyl groups is 1. The Balaban J connectivity index is 1.76. The third kappa shape index (κ3) is 2.77. The topological polar surface area (TPSA) is 87.1 Å². The number of aliphatic hydroxyl groups is 1. The maximum absolute atomic E-state index is 12.0. The lowest BCUT2D eigenvalue weighted by atomic mass is 9.86. The van der Waals surface area contributed by atoms with Crippen LogP contribution in [0.15, 0.2) is 36.4 Å². The Bertz CT molecular complexity index is 938. The molecule has 140 valence electrons. The van der Waals surface area contributed by atoms with Gasteiger partial charge in [0.25, 0.3) is 0 Å². The normalized spacial score (nSPS) is 20.3. The second-order valence-electron chi connectivity index (χ2n) is 7.06. The van der Waals surface area contributed by atoms with Gasteiger partial charge in [0.2, 0.25) is 5.78 Å². The molecule has 2 N–H and O–H groups in total. The van der Waals surface area contributed by atoms with Gasteiger partial charge in [-0.2, -0.15) is 0 Å². The number of carbonyl (C=O) groups excluding carboxylic acids is 2. The van der Waals surface area contributed by atoms with E-state index >= 15 is 0 Å². The number of hydrogen-bond donors (Lipinski definition) is 2. The zero-order valence-electron chi connectivity index (χ0n) is 15.1. The second kappa shape index (κ2) is 6.39. The Labute approximate surface area is 157 Å². The predicted molar refractivity (Wildman–Crippen MR) is 98.3 cm³/mol. The SMILES string of the molecule is CCC(=O)C(=O)ON1CC(O)(c2cc3c(cc2O)CCC3)c2ccccc21. The average molecular weight is 367 g/mol. The van der Waals surface area contributed by atoms with E-state index in [0.29, 0.717) is 16.8 Å². The highest BCUT2D eigenvalue weighted by molar-refractivity contribution is 6.33. The van der Waals surface area contributed by atoms with Gasteiger partial charge in [-0.25, -0.2) is 9.86 Å². The lowest BCUT2D eigenvalue weighted by molar-refractivity contribution is -0.155. The molecule has 6 nitrogen and oxygen atoms in total. The van der Waals surface area contributed by atoms with Crippen LogP contribution in [0.25, 0.3) is 0 Å². The Morgan fingerprint density at radius 2 is 1.85 bits per heavy atom. The number of anilines is 1. The summed E-state index contributed by atoms with van der Waals surface area (Å²) in [6.45, 7) is 1.49. The molecule has 1 heterocycles. The number of para-hydroxylation sites is 1. The number of Topliss-reactive ketones (excluding diaryl/α,β-unsaturated/α-hetero) is 1. The van der Waals surface area contributed by atoms with Gasteiger partial charge < -0.3 is 15.1 Å². The van der Waals surface area contributed by atoms with Crippen LogP contribution in [0.1, 0.15) is 42.0 Å². The smallest absolute Gasteiger partial charge is 0.398 e. The highest BCUT2D eigenvalue weighted by Crippen LogP contribution is 2.47. The molecule has 0 bridgehead atoms. The van der Waals surface area contributed by atoms with Crippen molar-refractivity contribution in [1.29, 1.82) is 0 Å². The van der Waals surface area contributed by atoms with Crippen LogP contribution in [0.2, 0.25) is 0 Å². The van der Waals surface area contributed by atoms with Crippen molar-refractivity contribution in [2.24, 2.45) is 0 Å². The Hall–Kier alpha value is -2.86. The first-order valence-corrected chi connectivity index (χ1v) is 9.14. The van der Waals surface area contributed by atoms with E-state index in [1.54, 1.807) is 37.3 Å². The maximum Gasteiger partial charge on any atom is 0.398 e. The molecule has 1 aliphatic carbocycles. The molecule has 1 aliphatic heterocycles. The number of phenolic OH excluding ortho intramolecular Hbond substituents is 1. The van der Waals surface area contributed by atoms with Crippen LogP contribution in [0.4, 0.5) is 5.69 Å². The fourth-order valence-corrected chi connectivity index (χ4v) is 3.97. The standard InChI is InChI=1S/C21H21NO5/c1-2-18(23)20(25)27-22-12-21(26,15-8-3-4-9-17(15)22)16-10-13-6-5-7-14(13)11-19(16)24/h3-4,8-11,24,26H,2,5-7,12H2,1H3. The van der Waals surface area contributed by atoms with E-state index in [9.17, 15) is 19.8 Å². The zero-order valence-corrected chi connectivity index (χ0v) is 15.1. The average Bonchev–Trinajstić information content (AvgIpc) is 3.23. The molecule has 0 spiro atoms. The van der Waals surface area contributed by atoms with Gasteiger partial charge in [0.1, 0.15) is 11.4 Å². The first-order chi connectivity index (χ1) is 12.9. The number of carbonyl (C=O) groups is 2. The van der Waals surface area contributed by atoms with Crippen molar-refractivity contribution in [2.75, 3.05) is 11.6 Å². The molecule has 0 fully saturated rings. The Morgan fingerprint density at radius 1 is 1.15 bits per heavy atom. The molecule has 0 amide bonds. The molecule has 6 heteroatoms. The van der Waals surface area contributed by atoms with E-state index in [-0.39, 0.29) is 18.7 Å². The first-order valence-electron chi connectivity index (χ1n) is 9.14. The van der Waals surface area contributed by atoms with Gasteiger partial charge in [-0.1, -0.05) is 25.1 Å². The van der Waals surface area contributed by atoms with Gasteiger partial charge in [0.15, 0.2) is 0 Å². The van der Waals surface area contributed by atoms with Crippen molar-refractivity contribution in [2.45, 2.75) is 38.2 Å². The Kier molecular flexibility index (Phi) is 4.15. The number of β-amino-alcohol motifs (C(OH)–C–C–N with tert-alkyl or cyclic N) is 1. The van der Waals surface area contributed by atoms with Gasteiger partial charge >= 0.3 is 5.97 Å². The molecule has 1 atom stereocenters. The van der Waals surface area contributed by atoms with Crippen molar-refractivity contribution in [3.8, 4) is 5.75 Å². The maximum atomic E-state index is 12.0. The summed E-state index contributed by atoms with van der Waals surface area (Å²) in [4.78, 5) is 28.8. The zero-order chi connectivity index (χ0) is 19.2. The van der Waals surface area contributed by atoms with Gasteiger partial charge in [0, 0.05) is 17.5 Å². The van der Waals surface area contributed by atoms with Crippen LogP contribution < -0.4 is 5.06 Å². The highest BCUT2D eigenvalue weighted by atomic mass is 16.7. The van der Waals surface area contributed by atoms with Crippen LogP contribution >= 0.6 is 0 Å². The lowest BCUT2D eigenvalue weighted by Crippen LogP contribution is -2.37. The third-order valence-electron chi connectivity index (χ3n) is 5.39. The van der Waals surface area contributed by atoms with Crippen LogP contribution in [-0.2, 0) is 32.9 Å². The molecule has 0 saturated carbocycles. The highest BCUT2D eigenvalue weighted by Gasteiger charge is 2.46. The molecule has 27 heavy (non-hydrogen) atoms. The largest absolute Gasteiger partial charge is 0.508 e. The van der Waals surface area contributed by atoms with Crippen molar-refractivity contribution in [3.05, 3.63) is 58.7 Å². The molecule has 2 aromatic carbocycles. The summed E-state index contributed by atoms with van der Waals surface area (Å²) < 4.78 is 0. The van der Waals surface area contributed by atoms with Crippen molar-refractivity contribution >= 4 is 17.4 Å². The second-order valence-corrected chi connectivity index (χ2v) is 7.06. The van der Waals surface area contributed by atoms with Crippen LogP contribution in [0.3, 0.4) is 0 Å². The molecule has 0 aromatic heterocycles. The van der Waals surface area contributed by atoms with E-state index < -0.39 is 17.4 Å². The summed E-state index contributed by atoms with van der Waals surface area (Å²) in [7, 11) is 0. The number of benzene rings is 2. The molecular formula is C21H21NO5. The molecule has 2 aromatic rings. The minimum absolute atomic E-state index is 0.0192. The van der Waals surface area contributed by atoms with Crippen molar-refractivity contribution in [1.82, 2.24) is 0 Å². The van der Waals surface area contributed by atoms with Crippen LogP contribution in [-0.4, -0.2) is 28.5 Å². The fraction of sp³-hybridized carbons (Fsp3) is 0.333. The van der Waals surface area contributed by atoms with E-state index in [4.69, 9.17) is 4.84 Å². The first kappa shape index (κ1) is 17.5. The minimum atomic E-state index is -1.55. The van der Waals surface area contributed by atoms with Crippen LogP contribution in [0, 0.1) is 0 Å². The third-order valence-corrected chi connectivity index (χ3v) is 5.39. The number of nitrogens with zero attached hydrogens (tertiary/aromatic N) is 1. The molecule has 0 radical (unpaired) electrons. The lowest BCUT2D eigenvalue weighted by Gasteiger charge is -2.26. The molecule has 1 unspecified atom stereocenters. The quantitative estimate of drug-likeness (QED) is 0.807. The van der Waals surface area contributed by atoms with E-state index in [1.807, 2.05) is 6.07 Å². The number of hydrogen-bond acceptors (Lipinski definition) is 6. The van der Waals surface area contributed by atoms with E-state index in [0.717, 1.165) is 30.4 Å². The monoisotopic (exact) mass is 367 g/mol. The summed E-state index contributed by atoms with van der Waals surface area (Å²) >= 11 is 0. The summed E-state index contributed by atoms with van der Waals surface area (Å²) in [6, 6.07) is 10.5. The molecule has 0 saturated heterocycles. The minimum Gasteiger partial charge on any atom is -0.508 e. The summed E-state index contributed by atoms with van der Waals surface area (Å²) in [5.41, 5.74) is 2.07. The molecule has 2 aliphatic rings. The van der Waals surface area contributed by atoms with Crippen LogP contribution in [0.5, 0.6) is 5.75 Å². The Morgan fingerprint density at radius 3 is 2.59 bits per heavy atom. The fourth-order valence-electron chi connectivity index (χ4n) is 3.97. The number of fused-ring (bicyclic) bond motifs is 2. The predicted octanol–water partition coefficient (Wildman–Crippen LogP) is 2.37. The summed E-state index contributed by atoms with van der Waals surface area (Å²) in [6.07, 6.45) is 2.89. The number of ketones is 1. The molecular weight excluding hydrogens is 346 g/mol. The van der Waals surface area contributed by atoms with E-state index in [2.05, 4.69) is 0 Å². The van der Waals surface area contributed by atoms with Crippen molar-refractivity contribution < 1.29 is 24.6 Å². The van der Waals surface area contributed by atoms with Gasteiger partial charge in [0.05, 0.1) is 12.2 Å². The number of hydroxylamine groups is 1. The number of aryl methyl sites for hydroxylation is 2. The summed E-state index contributed by atoms with van der Waals surface area (Å²) in [5.74, 6) is -1.58. The number of phenols is 1. The summed E-state index contributed by atoms with van der Waals surface area (Å²) in [5, 5.41) is 23.3. The number of rotatable bonds is 4. The van der Waals surface area contributed by atoms with E-state index in [1.165, 1.54) is 5.06 Å².